The molecule has 1 aliphatic rings. The van der Waals surface area contributed by atoms with Crippen LogP contribution in [0.15, 0.2) is 45.8 Å². The van der Waals surface area contributed by atoms with Crippen LogP contribution in [-0.4, -0.2) is 49.7 Å². The van der Waals surface area contributed by atoms with Crippen LogP contribution in [0.5, 0.6) is 0 Å². The number of β-amino-alcohol motifs (C(OH)–C–C–N with tert-alkyl or cyclic N) is 1. The monoisotopic (exact) mass is 340 g/mol. The number of oxazole rings is 1. The molecule has 0 aromatic carbocycles. The molecule has 0 unspecified atom stereocenters. The Morgan fingerprint density at radius 1 is 1.40 bits per heavy atom. The molecule has 25 heavy (non-hydrogen) atoms. The maximum atomic E-state index is 12.3. The molecule has 0 saturated carbocycles. The van der Waals surface area contributed by atoms with Crippen molar-refractivity contribution in [2.45, 2.75) is 25.5 Å². The van der Waals surface area contributed by atoms with Gasteiger partial charge in [-0.05, 0) is 19.1 Å². The Balaban J connectivity index is 1.45. The van der Waals surface area contributed by atoms with Gasteiger partial charge in [0.1, 0.15) is 6.26 Å². The van der Waals surface area contributed by atoms with Crippen molar-refractivity contribution in [3.8, 4) is 11.3 Å². The summed E-state index contributed by atoms with van der Waals surface area (Å²) in [5, 5.41) is 13.5. The number of carbonyl (C=O) groups is 1. The number of amides is 1. The van der Waals surface area contributed by atoms with Crippen molar-refractivity contribution in [2.75, 3.05) is 6.54 Å². The van der Waals surface area contributed by atoms with Gasteiger partial charge in [0, 0.05) is 30.6 Å². The maximum absolute atomic E-state index is 12.3. The summed E-state index contributed by atoms with van der Waals surface area (Å²) >= 11 is 0. The number of rotatable bonds is 4. The van der Waals surface area contributed by atoms with E-state index in [0.717, 1.165) is 5.56 Å². The van der Waals surface area contributed by atoms with Crippen molar-refractivity contribution >= 4 is 5.91 Å². The van der Waals surface area contributed by atoms with Crippen molar-refractivity contribution in [1.82, 2.24) is 20.0 Å². The molecule has 1 saturated heterocycles. The van der Waals surface area contributed by atoms with Crippen LogP contribution in [-0.2, 0) is 6.42 Å². The molecule has 4 heterocycles. The Hall–Kier alpha value is -3.00. The van der Waals surface area contributed by atoms with E-state index in [1.165, 1.54) is 6.26 Å². The summed E-state index contributed by atoms with van der Waals surface area (Å²) in [6, 6.07) is 5.25. The minimum atomic E-state index is -0.475. The molecule has 128 valence electrons. The third-order valence-electron chi connectivity index (χ3n) is 4.32. The van der Waals surface area contributed by atoms with Crippen molar-refractivity contribution < 1.29 is 18.8 Å². The predicted octanol–water partition coefficient (Wildman–Crippen LogP) is 1.52. The summed E-state index contributed by atoms with van der Waals surface area (Å²) in [7, 11) is 0. The fraction of sp³-hybridized carbons (Fsp3) is 0.294. The predicted molar refractivity (Wildman–Crippen MR) is 85.5 cm³/mol. The number of hydrogen-bond acceptors (Lipinski definition) is 7. The van der Waals surface area contributed by atoms with Crippen molar-refractivity contribution in [2.24, 2.45) is 0 Å². The first-order valence-corrected chi connectivity index (χ1v) is 7.91. The zero-order chi connectivity index (χ0) is 17.4. The van der Waals surface area contributed by atoms with Crippen LogP contribution in [0.1, 0.15) is 29.0 Å². The summed E-state index contributed by atoms with van der Waals surface area (Å²) < 4.78 is 10.7. The normalized spacial score (nSPS) is 19.7. The topological polar surface area (TPSA) is 105 Å². The second-order valence-corrected chi connectivity index (χ2v) is 5.99. The highest BCUT2D eigenvalue weighted by atomic mass is 16.5. The summed E-state index contributed by atoms with van der Waals surface area (Å²) in [6.07, 6.45) is 4.53. The lowest BCUT2D eigenvalue weighted by molar-refractivity contribution is -0.0360. The third-order valence-corrected chi connectivity index (χ3v) is 4.32. The SMILES string of the molecule is C[C@H]1[C@@H](O)CN1C(=O)c1coc(Cc2cc(-c3ccncc3)on2)n1. The molecular formula is C17H16N4O4. The summed E-state index contributed by atoms with van der Waals surface area (Å²) in [4.78, 5) is 22.0. The van der Waals surface area contributed by atoms with Gasteiger partial charge in [0.05, 0.1) is 24.3 Å². The Morgan fingerprint density at radius 2 is 2.20 bits per heavy atom. The molecule has 1 fully saturated rings. The lowest BCUT2D eigenvalue weighted by atomic mass is 10.0. The summed E-state index contributed by atoms with van der Waals surface area (Å²) in [6.45, 7) is 2.11. The van der Waals surface area contributed by atoms with Gasteiger partial charge in [-0.3, -0.25) is 9.78 Å². The number of aromatic nitrogens is 3. The smallest absolute Gasteiger partial charge is 0.276 e. The van der Waals surface area contributed by atoms with Gasteiger partial charge in [-0.15, -0.1) is 0 Å². The minimum absolute atomic E-state index is 0.203. The molecule has 2 atom stereocenters. The standard InChI is InChI=1S/C17H16N4O4/c1-10-14(22)8-21(10)17(23)13-9-24-16(19-13)7-12-6-15(25-20-12)11-2-4-18-5-3-11/h2-6,9-10,14,22H,7-8H2,1H3/t10-,14-/m0/s1. The highest BCUT2D eigenvalue weighted by molar-refractivity contribution is 5.92. The number of likely N-dealkylation sites (tertiary alicyclic amines) is 1. The van der Waals surface area contributed by atoms with E-state index in [-0.39, 0.29) is 17.6 Å². The molecular weight excluding hydrogens is 324 g/mol. The largest absolute Gasteiger partial charge is 0.448 e. The first-order chi connectivity index (χ1) is 12.1. The van der Waals surface area contributed by atoms with E-state index in [2.05, 4.69) is 15.1 Å². The highest BCUT2D eigenvalue weighted by Gasteiger charge is 2.38. The zero-order valence-corrected chi connectivity index (χ0v) is 13.5. The maximum Gasteiger partial charge on any atom is 0.276 e. The van der Waals surface area contributed by atoms with Crippen molar-refractivity contribution in [3.63, 3.8) is 0 Å². The number of aliphatic hydroxyl groups is 1. The van der Waals surface area contributed by atoms with Crippen LogP contribution in [0.3, 0.4) is 0 Å². The van der Waals surface area contributed by atoms with Gasteiger partial charge >= 0.3 is 0 Å². The molecule has 0 aliphatic carbocycles. The second kappa shape index (κ2) is 6.14. The number of carbonyl (C=O) groups excluding carboxylic acids is 1. The number of pyridine rings is 1. The average Bonchev–Trinajstić information content (AvgIpc) is 3.29. The minimum Gasteiger partial charge on any atom is -0.448 e. The lowest BCUT2D eigenvalue weighted by Gasteiger charge is -2.42. The van der Waals surface area contributed by atoms with Crippen molar-refractivity contribution in [1.29, 1.82) is 0 Å². The molecule has 1 amide bonds. The fourth-order valence-electron chi connectivity index (χ4n) is 2.70. The van der Waals surface area contributed by atoms with Gasteiger partial charge in [0.2, 0.25) is 5.89 Å². The first-order valence-electron chi connectivity index (χ1n) is 7.91. The third kappa shape index (κ3) is 2.91. The van der Waals surface area contributed by atoms with Gasteiger partial charge in [-0.25, -0.2) is 4.98 Å². The van der Waals surface area contributed by atoms with E-state index in [0.29, 0.717) is 30.3 Å². The van der Waals surface area contributed by atoms with Gasteiger partial charge < -0.3 is 18.9 Å². The van der Waals surface area contributed by atoms with Gasteiger partial charge in [-0.2, -0.15) is 0 Å². The second-order valence-electron chi connectivity index (χ2n) is 5.99. The fourth-order valence-corrected chi connectivity index (χ4v) is 2.70. The highest BCUT2D eigenvalue weighted by Crippen LogP contribution is 2.22. The van der Waals surface area contributed by atoms with E-state index in [4.69, 9.17) is 8.94 Å². The number of hydrogen-bond donors (Lipinski definition) is 1. The van der Waals surface area contributed by atoms with Crippen LogP contribution in [0.4, 0.5) is 0 Å². The molecule has 8 heteroatoms. The van der Waals surface area contributed by atoms with Gasteiger partial charge in [-0.1, -0.05) is 5.16 Å². The van der Waals surface area contributed by atoms with Crippen LogP contribution in [0, 0.1) is 0 Å². The first kappa shape index (κ1) is 15.5. The molecule has 0 spiro atoms. The Kier molecular flexibility index (Phi) is 3.81. The summed E-state index contributed by atoms with van der Waals surface area (Å²) in [5.41, 5.74) is 1.76. The Morgan fingerprint density at radius 3 is 2.92 bits per heavy atom. The number of nitrogens with zero attached hydrogens (tertiary/aromatic N) is 4. The Bertz CT molecular complexity index is 889. The van der Waals surface area contributed by atoms with E-state index >= 15 is 0 Å². The van der Waals surface area contributed by atoms with E-state index < -0.39 is 6.10 Å². The molecule has 0 bridgehead atoms. The van der Waals surface area contributed by atoms with Gasteiger partial charge in [0.15, 0.2) is 11.5 Å². The lowest BCUT2D eigenvalue weighted by Crippen LogP contribution is -2.60. The quantitative estimate of drug-likeness (QED) is 0.767. The van der Waals surface area contributed by atoms with Crippen molar-refractivity contribution in [3.05, 3.63) is 54.1 Å². The van der Waals surface area contributed by atoms with E-state index in [1.54, 1.807) is 30.3 Å². The molecule has 1 aliphatic heterocycles. The van der Waals surface area contributed by atoms with Crippen LogP contribution in [0.25, 0.3) is 11.3 Å². The Labute approximate surface area is 143 Å². The van der Waals surface area contributed by atoms with E-state index in [9.17, 15) is 9.90 Å². The van der Waals surface area contributed by atoms with Crippen LogP contribution >= 0.6 is 0 Å². The molecule has 8 nitrogen and oxygen atoms in total. The molecule has 1 N–H and O–H groups in total. The average molecular weight is 340 g/mol. The molecule has 3 aromatic heterocycles. The molecule has 3 aromatic rings. The van der Waals surface area contributed by atoms with Crippen LogP contribution < -0.4 is 0 Å². The van der Waals surface area contributed by atoms with Gasteiger partial charge in [0.25, 0.3) is 5.91 Å². The zero-order valence-electron chi connectivity index (χ0n) is 13.5. The number of aliphatic hydroxyl groups excluding tert-OH is 1. The molecule has 4 rings (SSSR count). The summed E-state index contributed by atoms with van der Waals surface area (Å²) in [5.74, 6) is 0.765. The van der Waals surface area contributed by atoms with Crippen LogP contribution in [0.2, 0.25) is 0 Å². The molecule has 0 radical (unpaired) electrons. The van der Waals surface area contributed by atoms with E-state index in [1.807, 2.05) is 12.1 Å².